The van der Waals surface area contributed by atoms with Crippen LogP contribution in [0.5, 0.6) is 5.75 Å². The van der Waals surface area contributed by atoms with E-state index in [0.717, 1.165) is 31.7 Å². The molecule has 1 atom stereocenters. The molecule has 1 rings (SSSR count). The molecule has 21 heavy (non-hydrogen) atoms. The van der Waals surface area contributed by atoms with E-state index < -0.39 is 0 Å². The molecule has 3 nitrogen and oxygen atoms in total. The summed E-state index contributed by atoms with van der Waals surface area (Å²) in [5, 5.41) is 0. The van der Waals surface area contributed by atoms with Crippen molar-refractivity contribution >= 4 is 0 Å². The molecule has 0 bridgehead atoms. The summed E-state index contributed by atoms with van der Waals surface area (Å²) in [5.74, 6) is 0.901. The molecule has 118 valence electrons. The Labute approximate surface area is 129 Å². The number of allylic oxidation sites excluding steroid dienone is 1. The largest absolute Gasteiger partial charge is 0.497 e. The molecule has 0 fully saturated rings. The molecule has 0 aliphatic heterocycles. The Morgan fingerprint density at radius 1 is 1.33 bits per heavy atom. The normalized spacial score (nSPS) is 14.0. The van der Waals surface area contributed by atoms with Gasteiger partial charge in [-0.15, -0.1) is 6.58 Å². The third-order valence-electron chi connectivity index (χ3n) is 3.93. The fourth-order valence-corrected chi connectivity index (χ4v) is 2.57. The van der Waals surface area contributed by atoms with Gasteiger partial charge in [-0.3, -0.25) is 0 Å². The molecule has 0 aliphatic carbocycles. The van der Waals surface area contributed by atoms with Crippen molar-refractivity contribution in [2.45, 2.75) is 33.2 Å². The van der Waals surface area contributed by atoms with Gasteiger partial charge in [-0.25, -0.2) is 0 Å². The first kappa shape index (κ1) is 17.7. The summed E-state index contributed by atoms with van der Waals surface area (Å²) in [5.41, 5.74) is 8.61. The number of hydrogen-bond donors (Lipinski definition) is 1. The lowest BCUT2D eigenvalue weighted by Crippen LogP contribution is -2.32. The van der Waals surface area contributed by atoms with Crippen LogP contribution in [0.3, 0.4) is 0 Å². The van der Waals surface area contributed by atoms with Gasteiger partial charge in [0.25, 0.3) is 0 Å². The van der Waals surface area contributed by atoms with Gasteiger partial charge in [-0.05, 0) is 63.0 Å². The molecule has 1 aromatic carbocycles. The van der Waals surface area contributed by atoms with Crippen molar-refractivity contribution < 1.29 is 4.74 Å². The van der Waals surface area contributed by atoms with Crippen molar-refractivity contribution in [3.8, 4) is 5.75 Å². The second-order valence-electron chi connectivity index (χ2n) is 6.48. The number of nitrogens with two attached hydrogens (primary N) is 1. The van der Waals surface area contributed by atoms with E-state index in [-0.39, 0.29) is 5.41 Å². The highest BCUT2D eigenvalue weighted by Gasteiger charge is 2.22. The number of methoxy groups -OCH3 is 1. The molecule has 2 N–H and O–H groups in total. The molecule has 0 aliphatic rings. The number of benzene rings is 1. The Bertz CT molecular complexity index is 441. The molecule has 0 saturated heterocycles. The lowest BCUT2D eigenvalue weighted by molar-refractivity contribution is 0.230. The molecule has 0 aromatic heterocycles. The van der Waals surface area contributed by atoms with Gasteiger partial charge in [-0.1, -0.05) is 24.6 Å². The van der Waals surface area contributed by atoms with Gasteiger partial charge in [0.1, 0.15) is 5.75 Å². The summed E-state index contributed by atoms with van der Waals surface area (Å²) in [6.45, 7) is 11.0. The average Bonchev–Trinajstić information content (AvgIpc) is 2.45. The topological polar surface area (TPSA) is 38.5 Å². The lowest BCUT2D eigenvalue weighted by Gasteiger charge is -2.30. The highest BCUT2D eigenvalue weighted by molar-refractivity contribution is 5.27. The van der Waals surface area contributed by atoms with Crippen molar-refractivity contribution in [1.29, 1.82) is 0 Å². The zero-order valence-corrected chi connectivity index (χ0v) is 14.0. The summed E-state index contributed by atoms with van der Waals surface area (Å²) in [4.78, 5) is 2.34. The summed E-state index contributed by atoms with van der Waals surface area (Å²) >= 11 is 0. The maximum Gasteiger partial charge on any atom is 0.118 e. The third kappa shape index (κ3) is 6.32. The molecule has 0 spiro atoms. The van der Waals surface area contributed by atoms with E-state index in [4.69, 9.17) is 10.5 Å². The zero-order valence-electron chi connectivity index (χ0n) is 14.0. The van der Waals surface area contributed by atoms with Gasteiger partial charge in [-0.2, -0.15) is 0 Å². The fourth-order valence-electron chi connectivity index (χ4n) is 2.57. The van der Waals surface area contributed by atoms with Gasteiger partial charge in [0.05, 0.1) is 7.11 Å². The van der Waals surface area contributed by atoms with Crippen LogP contribution in [-0.4, -0.2) is 32.1 Å². The van der Waals surface area contributed by atoms with Crippen LogP contribution in [0.2, 0.25) is 0 Å². The average molecular weight is 290 g/mol. The predicted octanol–water partition coefficient (Wildman–Crippen LogP) is 3.45. The van der Waals surface area contributed by atoms with Gasteiger partial charge in [0.15, 0.2) is 0 Å². The van der Waals surface area contributed by atoms with Crippen LogP contribution < -0.4 is 10.5 Å². The van der Waals surface area contributed by atoms with E-state index in [9.17, 15) is 0 Å². The van der Waals surface area contributed by atoms with Crippen molar-refractivity contribution in [3.05, 3.63) is 42.0 Å². The Kier molecular flexibility index (Phi) is 6.93. The van der Waals surface area contributed by atoms with Crippen LogP contribution in [0.4, 0.5) is 0 Å². The molecular formula is C18H30N2O. The summed E-state index contributed by atoms with van der Waals surface area (Å²) in [7, 11) is 3.85. The summed E-state index contributed by atoms with van der Waals surface area (Å²) in [6, 6.07) is 8.25. The van der Waals surface area contributed by atoms with Crippen molar-refractivity contribution in [2.24, 2.45) is 11.1 Å². The molecular weight excluding hydrogens is 260 g/mol. The van der Waals surface area contributed by atoms with Gasteiger partial charge in [0, 0.05) is 6.54 Å². The SMILES string of the molecule is C=C(C)CC(C)(CN)CCN(C)Cc1ccc(OC)cc1. The second kappa shape index (κ2) is 8.20. The lowest BCUT2D eigenvalue weighted by atomic mass is 9.81. The van der Waals surface area contributed by atoms with Crippen molar-refractivity contribution in [2.75, 3.05) is 27.2 Å². The third-order valence-corrected chi connectivity index (χ3v) is 3.93. The van der Waals surface area contributed by atoms with Gasteiger partial charge >= 0.3 is 0 Å². The van der Waals surface area contributed by atoms with Crippen LogP contribution in [0.25, 0.3) is 0 Å². The smallest absolute Gasteiger partial charge is 0.118 e. The first-order valence-electron chi connectivity index (χ1n) is 7.54. The molecule has 1 aromatic rings. The summed E-state index contributed by atoms with van der Waals surface area (Å²) in [6.07, 6.45) is 2.09. The molecule has 0 radical (unpaired) electrons. The fraction of sp³-hybridized carbons (Fsp3) is 0.556. The van der Waals surface area contributed by atoms with Crippen LogP contribution in [0.1, 0.15) is 32.3 Å². The Morgan fingerprint density at radius 2 is 1.95 bits per heavy atom. The van der Waals surface area contributed by atoms with Crippen LogP contribution in [-0.2, 0) is 6.54 Å². The van der Waals surface area contributed by atoms with E-state index >= 15 is 0 Å². The van der Waals surface area contributed by atoms with Crippen molar-refractivity contribution in [1.82, 2.24) is 4.90 Å². The Hall–Kier alpha value is -1.32. The zero-order chi connectivity index (χ0) is 15.9. The molecule has 0 amide bonds. The minimum atomic E-state index is 0.153. The predicted molar refractivity (Wildman–Crippen MR) is 90.5 cm³/mol. The standard InChI is InChI=1S/C18H30N2O/c1-15(2)12-18(3,14-19)10-11-20(4)13-16-6-8-17(21-5)9-7-16/h6-9H,1,10-14,19H2,2-5H3. The quantitative estimate of drug-likeness (QED) is 0.708. The van der Waals surface area contributed by atoms with Gasteiger partial charge < -0.3 is 15.4 Å². The number of rotatable bonds is 9. The highest BCUT2D eigenvalue weighted by atomic mass is 16.5. The second-order valence-corrected chi connectivity index (χ2v) is 6.48. The molecule has 3 heteroatoms. The monoisotopic (exact) mass is 290 g/mol. The molecule has 0 heterocycles. The van der Waals surface area contributed by atoms with E-state index in [2.05, 4.69) is 44.5 Å². The minimum Gasteiger partial charge on any atom is -0.497 e. The Morgan fingerprint density at radius 3 is 2.43 bits per heavy atom. The maximum absolute atomic E-state index is 5.95. The van der Waals surface area contributed by atoms with Crippen molar-refractivity contribution in [3.63, 3.8) is 0 Å². The number of nitrogens with zero attached hydrogens (tertiary/aromatic N) is 1. The summed E-state index contributed by atoms with van der Waals surface area (Å²) < 4.78 is 5.18. The van der Waals surface area contributed by atoms with Crippen LogP contribution >= 0.6 is 0 Å². The van der Waals surface area contributed by atoms with E-state index in [1.807, 2.05) is 12.1 Å². The molecule has 0 saturated carbocycles. The van der Waals surface area contributed by atoms with Crippen LogP contribution in [0.15, 0.2) is 36.4 Å². The molecule has 1 unspecified atom stereocenters. The van der Waals surface area contributed by atoms with E-state index in [0.29, 0.717) is 6.54 Å². The Balaban J connectivity index is 2.48. The van der Waals surface area contributed by atoms with Crippen LogP contribution in [0, 0.1) is 5.41 Å². The number of ether oxygens (including phenoxy) is 1. The van der Waals surface area contributed by atoms with Gasteiger partial charge in [0.2, 0.25) is 0 Å². The highest BCUT2D eigenvalue weighted by Crippen LogP contribution is 2.28. The van der Waals surface area contributed by atoms with E-state index in [1.165, 1.54) is 11.1 Å². The maximum atomic E-state index is 5.95. The van der Waals surface area contributed by atoms with E-state index in [1.54, 1.807) is 7.11 Å². The number of hydrogen-bond acceptors (Lipinski definition) is 3. The minimum absolute atomic E-state index is 0.153. The first-order chi connectivity index (χ1) is 9.88. The first-order valence-corrected chi connectivity index (χ1v) is 7.54.